The van der Waals surface area contributed by atoms with Crippen LogP contribution in [0, 0.1) is 0 Å². The quantitative estimate of drug-likeness (QED) is 0.890. The van der Waals surface area contributed by atoms with Crippen molar-refractivity contribution < 1.29 is 19.4 Å². The molecular weight excluding hydrogens is 324 g/mol. The minimum absolute atomic E-state index is 0.0362. The number of benzene rings is 1. The van der Waals surface area contributed by atoms with Crippen molar-refractivity contribution in [1.82, 2.24) is 14.9 Å². The van der Waals surface area contributed by atoms with Crippen molar-refractivity contribution in [2.45, 2.75) is 0 Å². The van der Waals surface area contributed by atoms with Crippen molar-refractivity contribution in [3.8, 4) is 5.75 Å². The fourth-order valence-electron chi connectivity index (χ4n) is 2.67. The number of carbonyl (C=O) groups excluding carboxylic acids is 1. The van der Waals surface area contributed by atoms with E-state index in [0.717, 1.165) is 0 Å². The highest BCUT2D eigenvalue weighted by Gasteiger charge is 2.23. The zero-order chi connectivity index (χ0) is 17.8. The van der Waals surface area contributed by atoms with Gasteiger partial charge in [-0.1, -0.05) is 6.07 Å². The number of hydrogen-bond donors (Lipinski definition) is 1. The molecule has 2 heterocycles. The largest absolute Gasteiger partial charge is 0.497 e. The van der Waals surface area contributed by atoms with E-state index in [4.69, 9.17) is 9.84 Å². The van der Waals surface area contributed by atoms with Gasteiger partial charge >= 0.3 is 5.97 Å². The van der Waals surface area contributed by atoms with Gasteiger partial charge in [0.1, 0.15) is 11.6 Å². The van der Waals surface area contributed by atoms with E-state index in [9.17, 15) is 9.59 Å². The SMILES string of the molecule is COc1cccc(C(=O)N2CCN(c3cnc(C(=O)O)cn3)CC2)c1. The highest BCUT2D eigenvalue weighted by atomic mass is 16.5. The van der Waals surface area contributed by atoms with Crippen LogP contribution in [-0.2, 0) is 0 Å². The van der Waals surface area contributed by atoms with E-state index in [1.807, 2.05) is 4.90 Å². The van der Waals surface area contributed by atoms with Crippen molar-refractivity contribution in [3.05, 3.63) is 47.9 Å². The Morgan fingerprint density at radius 2 is 1.88 bits per heavy atom. The summed E-state index contributed by atoms with van der Waals surface area (Å²) in [6, 6.07) is 7.09. The molecule has 1 saturated heterocycles. The van der Waals surface area contributed by atoms with E-state index in [1.54, 1.807) is 36.3 Å². The Labute approximate surface area is 144 Å². The number of aromatic nitrogens is 2. The summed E-state index contributed by atoms with van der Waals surface area (Å²) in [5.74, 6) is 0.121. The molecule has 1 fully saturated rings. The number of nitrogens with zero attached hydrogens (tertiary/aromatic N) is 4. The van der Waals surface area contributed by atoms with Gasteiger partial charge in [-0.25, -0.2) is 14.8 Å². The molecule has 0 aliphatic carbocycles. The number of aromatic carboxylic acids is 1. The second kappa shape index (κ2) is 7.16. The monoisotopic (exact) mass is 342 g/mol. The van der Waals surface area contributed by atoms with Gasteiger partial charge in [0.25, 0.3) is 5.91 Å². The number of anilines is 1. The first-order chi connectivity index (χ1) is 12.1. The molecule has 0 bridgehead atoms. The van der Waals surface area contributed by atoms with Gasteiger partial charge < -0.3 is 19.6 Å². The Morgan fingerprint density at radius 3 is 2.48 bits per heavy atom. The number of carbonyl (C=O) groups is 2. The van der Waals surface area contributed by atoms with E-state index in [2.05, 4.69) is 9.97 Å². The van der Waals surface area contributed by atoms with Crippen LogP contribution in [0.2, 0.25) is 0 Å². The molecule has 1 aromatic heterocycles. The van der Waals surface area contributed by atoms with Gasteiger partial charge in [0.2, 0.25) is 0 Å². The molecule has 8 nitrogen and oxygen atoms in total. The van der Waals surface area contributed by atoms with Gasteiger partial charge in [-0.15, -0.1) is 0 Å². The highest BCUT2D eigenvalue weighted by Crippen LogP contribution is 2.17. The van der Waals surface area contributed by atoms with Gasteiger partial charge in [0, 0.05) is 31.7 Å². The van der Waals surface area contributed by atoms with Crippen LogP contribution >= 0.6 is 0 Å². The van der Waals surface area contributed by atoms with E-state index >= 15 is 0 Å². The van der Waals surface area contributed by atoms with Crippen LogP contribution in [-0.4, -0.2) is 65.1 Å². The molecule has 0 saturated carbocycles. The molecule has 130 valence electrons. The third-order valence-electron chi connectivity index (χ3n) is 4.06. The Hall–Kier alpha value is -3.16. The van der Waals surface area contributed by atoms with E-state index < -0.39 is 5.97 Å². The molecule has 1 aromatic carbocycles. The molecule has 0 spiro atoms. The Morgan fingerprint density at radius 1 is 1.12 bits per heavy atom. The lowest BCUT2D eigenvalue weighted by Crippen LogP contribution is -2.49. The lowest BCUT2D eigenvalue weighted by Gasteiger charge is -2.35. The number of rotatable bonds is 4. The van der Waals surface area contributed by atoms with E-state index in [0.29, 0.717) is 43.3 Å². The molecule has 0 radical (unpaired) electrons. The summed E-state index contributed by atoms with van der Waals surface area (Å²) in [6.45, 7) is 2.32. The maximum Gasteiger partial charge on any atom is 0.356 e. The normalized spacial score (nSPS) is 14.3. The smallest absolute Gasteiger partial charge is 0.356 e. The van der Waals surface area contributed by atoms with E-state index in [-0.39, 0.29) is 11.6 Å². The third kappa shape index (κ3) is 3.68. The average molecular weight is 342 g/mol. The van der Waals surface area contributed by atoms with Crippen LogP contribution in [0.5, 0.6) is 5.75 Å². The predicted octanol–water partition coefficient (Wildman–Crippen LogP) is 1.15. The summed E-state index contributed by atoms with van der Waals surface area (Å²) in [5.41, 5.74) is 0.508. The van der Waals surface area contributed by atoms with Gasteiger partial charge in [-0.2, -0.15) is 0 Å². The Kier molecular flexibility index (Phi) is 4.78. The Balaban J connectivity index is 1.63. The maximum absolute atomic E-state index is 12.6. The molecule has 1 aliphatic rings. The summed E-state index contributed by atoms with van der Waals surface area (Å²) in [6.07, 6.45) is 2.69. The highest BCUT2D eigenvalue weighted by molar-refractivity contribution is 5.94. The van der Waals surface area contributed by atoms with Crippen molar-refractivity contribution in [2.75, 3.05) is 38.2 Å². The number of carboxylic acid groups (broad SMARTS) is 1. The molecule has 2 aromatic rings. The van der Waals surface area contributed by atoms with Crippen molar-refractivity contribution >= 4 is 17.7 Å². The zero-order valence-electron chi connectivity index (χ0n) is 13.8. The van der Waals surface area contributed by atoms with Crippen molar-refractivity contribution in [1.29, 1.82) is 0 Å². The molecule has 1 amide bonds. The second-order valence-corrected chi connectivity index (χ2v) is 5.58. The predicted molar refractivity (Wildman–Crippen MR) is 90.1 cm³/mol. The first-order valence-corrected chi connectivity index (χ1v) is 7.82. The number of amides is 1. The number of methoxy groups -OCH3 is 1. The average Bonchev–Trinajstić information content (AvgIpc) is 2.67. The Bertz CT molecular complexity index is 770. The number of hydrogen-bond acceptors (Lipinski definition) is 6. The fraction of sp³-hybridized carbons (Fsp3) is 0.294. The van der Waals surface area contributed by atoms with E-state index in [1.165, 1.54) is 12.4 Å². The minimum Gasteiger partial charge on any atom is -0.497 e. The summed E-state index contributed by atoms with van der Waals surface area (Å²) in [5, 5.41) is 8.86. The van der Waals surface area contributed by atoms with Crippen LogP contribution in [0.25, 0.3) is 0 Å². The number of ether oxygens (including phenoxy) is 1. The number of piperazine rings is 1. The van der Waals surface area contributed by atoms with Gasteiger partial charge in [0.15, 0.2) is 5.69 Å². The fourth-order valence-corrected chi connectivity index (χ4v) is 2.67. The molecule has 1 aliphatic heterocycles. The van der Waals surface area contributed by atoms with Gasteiger partial charge in [-0.05, 0) is 18.2 Å². The first kappa shape index (κ1) is 16.7. The van der Waals surface area contributed by atoms with Crippen LogP contribution < -0.4 is 9.64 Å². The molecule has 1 N–H and O–H groups in total. The minimum atomic E-state index is -1.10. The molecule has 8 heteroatoms. The lowest BCUT2D eigenvalue weighted by molar-refractivity contribution is 0.0688. The van der Waals surface area contributed by atoms with Gasteiger partial charge in [-0.3, -0.25) is 4.79 Å². The standard InChI is InChI=1S/C17H18N4O4/c1-25-13-4-2-3-12(9-13)16(22)21-7-5-20(6-8-21)15-11-18-14(10-19-15)17(23)24/h2-4,9-11H,5-8H2,1H3,(H,23,24). The molecule has 3 rings (SSSR count). The zero-order valence-corrected chi connectivity index (χ0v) is 13.8. The summed E-state index contributed by atoms with van der Waals surface area (Å²) in [4.78, 5) is 35.2. The maximum atomic E-state index is 12.6. The first-order valence-electron chi connectivity index (χ1n) is 7.82. The molecular formula is C17H18N4O4. The number of carboxylic acids is 1. The molecule has 0 atom stereocenters. The topological polar surface area (TPSA) is 95.9 Å². The summed E-state index contributed by atoms with van der Waals surface area (Å²) < 4.78 is 5.16. The van der Waals surface area contributed by atoms with Crippen LogP contribution in [0.4, 0.5) is 5.82 Å². The molecule has 0 unspecified atom stereocenters. The van der Waals surface area contributed by atoms with Crippen LogP contribution in [0.1, 0.15) is 20.8 Å². The van der Waals surface area contributed by atoms with Crippen LogP contribution in [0.3, 0.4) is 0 Å². The third-order valence-corrected chi connectivity index (χ3v) is 4.06. The second-order valence-electron chi connectivity index (χ2n) is 5.58. The summed E-state index contributed by atoms with van der Waals surface area (Å²) >= 11 is 0. The van der Waals surface area contributed by atoms with Crippen molar-refractivity contribution in [3.63, 3.8) is 0 Å². The summed E-state index contributed by atoms with van der Waals surface area (Å²) in [7, 11) is 1.57. The van der Waals surface area contributed by atoms with Gasteiger partial charge in [0.05, 0.1) is 19.5 Å². The van der Waals surface area contributed by atoms with Crippen LogP contribution in [0.15, 0.2) is 36.7 Å². The molecule has 25 heavy (non-hydrogen) atoms. The lowest BCUT2D eigenvalue weighted by atomic mass is 10.1. The van der Waals surface area contributed by atoms with Crippen molar-refractivity contribution in [2.24, 2.45) is 0 Å².